The molecule has 0 aliphatic heterocycles. The maximum absolute atomic E-state index is 6.42. The molecular formula is C15H24N2O. The van der Waals surface area contributed by atoms with Gasteiger partial charge in [0.2, 0.25) is 0 Å². The number of nitrogens with two attached hydrogens (primary N) is 1. The third kappa shape index (κ3) is 2.91. The van der Waals surface area contributed by atoms with Crippen LogP contribution >= 0.6 is 0 Å². The molecule has 1 aromatic carbocycles. The molecule has 0 fully saturated rings. The summed E-state index contributed by atoms with van der Waals surface area (Å²) < 4.78 is 5.10. The molecule has 3 nitrogen and oxygen atoms in total. The molecule has 0 saturated heterocycles. The van der Waals surface area contributed by atoms with Crippen LogP contribution in [0.2, 0.25) is 0 Å². The van der Waals surface area contributed by atoms with Crippen molar-refractivity contribution < 1.29 is 4.74 Å². The van der Waals surface area contributed by atoms with Crippen molar-refractivity contribution >= 4 is 0 Å². The third-order valence-electron chi connectivity index (χ3n) is 3.96. The Labute approximate surface area is 110 Å². The zero-order valence-electron chi connectivity index (χ0n) is 11.4. The van der Waals surface area contributed by atoms with Crippen LogP contribution in [0.1, 0.15) is 30.0 Å². The van der Waals surface area contributed by atoms with Crippen LogP contribution in [-0.2, 0) is 11.2 Å². The number of nitrogens with zero attached hydrogens (tertiary/aromatic N) is 1. The molecule has 0 spiro atoms. The van der Waals surface area contributed by atoms with E-state index < -0.39 is 0 Å². The summed E-state index contributed by atoms with van der Waals surface area (Å²) in [5.41, 5.74) is 9.17. The van der Waals surface area contributed by atoms with E-state index in [1.54, 1.807) is 7.11 Å². The molecule has 0 aromatic heterocycles. The molecule has 0 amide bonds. The lowest BCUT2D eigenvalue weighted by atomic mass is 9.84. The lowest BCUT2D eigenvalue weighted by Gasteiger charge is -2.37. The molecule has 2 N–H and O–H groups in total. The second-order valence-electron chi connectivity index (χ2n) is 5.16. The first kappa shape index (κ1) is 13.5. The Morgan fingerprint density at radius 2 is 2.17 bits per heavy atom. The lowest BCUT2D eigenvalue weighted by molar-refractivity contribution is 0.149. The van der Waals surface area contributed by atoms with Gasteiger partial charge in [0.1, 0.15) is 0 Å². The fraction of sp³-hybridized carbons (Fsp3) is 0.600. The van der Waals surface area contributed by atoms with Crippen LogP contribution in [-0.4, -0.2) is 38.3 Å². The van der Waals surface area contributed by atoms with Gasteiger partial charge >= 0.3 is 0 Å². The van der Waals surface area contributed by atoms with Gasteiger partial charge in [0, 0.05) is 32.3 Å². The highest BCUT2D eigenvalue weighted by Gasteiger charge is 2.28. The van der Waals surface area contributed by atoms with Crippen LogP contribution in [0.15, 0.2) is 24.3 Å². The van der Waals surface area contributed by atoms with E-state index in [-0.39, 0.29) is 6.04 Å². The van der Waals surface area contributed by atoms with E-state index in [2.05, 4.69) is 36.2 Å². The molecule has 1 aliphatic carbocycles. The predicted octanol–water partition coefficient (Wildman–Crippen LogP) is 1.97. The number of hydrogen-bond acceptors (Lipinski definition) is 3. The summed E-state index contributed by atoms with van der Waals surface area (Å²) in [5.74, 6) is 0. The van der Waals surface area contributed by atoms with Crippen LogP contribution in [0, 0.1) is 0 Å². The first-order valence-electron chi connectivity index (χ1n) is 6.76. The number of rotatable bonds is 5. The zero-order chi connectivity index (χ0) is 13.0. The van der Waals surface area contributed by atoms with E-state index >= 15 is 0 Å². The summed E-state index contributed by atoms with van der Waals surface area (Å²) in [6.07, 6.45) is 3.36. The van der Waals surface area contributed by atoms with Gasteiger partial charge < -0.3 is 15.4 Å². The van der Waals surface area contributed by atoms with Crippen LogP contribution in [0.3, 0.4) is 0 Å². The van der Waals surface area contributed by atoms with Crippen LogP contribution < -0.4 is 5.73 Å². The quantitative estimate of drug-likeness (QED) is 0.810. The van der Waals surface area contributed by atoms with Crippen molar-refractivity contribution in [3.63, 3.8) is 0 Å². The molecule has 18 heavy (non-hydrogen) atoms. The van der Waals surface area contributed by atoms with E-state index in [0.29, 0.717) is 6.04 Å². The number of ether oxygens (including phenoxy) is 1. The highest BCUT2D eigenvalue weighted by molar-refractivity contribution is 5.33. The van der Waals surface area contributed by atoms with E-state index in [9.17, 15) is 0 Å². The maximum Gasteiger partial charge on any atom is 0.0474 e. The van der Waals surface area contributed by atoms with Gasteiger partial charge in [0.15, 0.2) is 0 Å². The number of likely N-dealkylation sites (N-methyl/N-ethyl adjacent to an activating group) is 1. The lowest BCUT2D eigenvalue weighted by Crippen LogP contribution is -2.44. The van der Waals surface area contributed by atoms with Gasteiger partial charge in [0.25, 0.3) is 0 Å². The highest BCUT2D eigenvalue weighted by Crippen LogP contribution is 2.30. The Morgan fingerprint density at radius 1 is 1.39 bits per heavy atom. The van der Waals surface area contributed by atoms with Crippen molar-refractivity contribution in [2.75, 3.05) is 27.3 Å². The summed E-state index contributed by atoms with van der Waals surface area (Å²) in [6, 6.07) is 9.17. The van der Waals surface area contributed by atoms with Gasteiger partial charge in [-0.2, -0.15) is 0 Å². The van der Waals surface area contributed by atoms with Crippen LogP contribution in [0.25, 0.3) is 0 Å². The van der Waals surface area contributed by atoms with Gasteiger partial charge in [-0.3, -0.25) is 0 Å². The zero-order valence-corrected chi connectivity index (χ0v) is 11.4. The van der Waals surface area contributed by atoms with Gasteiger partial charge in [-0.1, -0.05) is 24.3 Å². The highest BCUT2D eigenvalue weighted by atomic mass is 16.5. The smallest absolute Gasteiger partial charge is 0.0474 e. The Bertz CT molecular complexity index is 381. The minimum Gasteiger partial charge on any atom is -0.385 e. The number of methoxy groups -OCH3 is 1. The Kier molecular flexibility index (Phi) is 4.75. The van der Waals surface area contributed by atoms with E-state index in [1.807, 2.05) is 0 Å². The molecule has 1 aliphatic rings. The van der Waals surface area contributed by atoms with Crippen molar-refractivity contribution in [3.8, 4) is 0 Å². The monoisotopic (exact) mass is 248 g/mol. The van der Waals surface area contributed by atoms with Crippen LogP contribution in [0.4, 0.5) is 0 Å². The molecule has 2 unspecified atom stereocenters. The Hall–Kier alpha value is -0.900. The first-order valence-corrected chi connectivity index (χ1v) is 6.76. The summed E-state index contributed by atoms with van der Waals surface area (Å²) >= 11 is 0. The maximum atomic E-state index is 6.42. The second-order valence-corrected chi connectivity index (χ2v) is 5.16. The summed E-state index contributed by atoms with van der Waals surface area (Å²) in [4.78, 5) is 2.39. The first-order chi connectivity index (χ1) is 8.74. The summed E-state index contributed by atoms with van der Waals surface area (Å²) in [5, 5.41) is 0. The largest absolute Gasteiger partial charge is 0.385 e. The SMILES string of the molecule is COCCCN(C)C1CCc2ccccc2C1N. The predicted molar refractivity (Wildman–Crippen MR) is 74.6 cm³/mol. The standard InChI is InChI=1S/C15H24N2O/c1-17(10-5-11-18-2)14-9-8-12-6-3-4-7-13(12)15(14)16/h3-4,6-7,14-15H,5,8-11,16H2,1-2H3. The van der Waals surface area contributed by atoms with Gasteiger partial charge in [-0.05, 0) is 37.4 Å². The number of hydrogen-bond donors (Lipinski definition) is 1. The van der Waals surface area contributed by atoms with Gasteiger partial charge in [-0.15, -0.1) is 0 Å². The molecule has 0 bridgehead atoms. The fourth-order valence-corrected chi connectivity index (χ4v) is 2.90. The van der Waals surface area contributed by atoms with E-state index in [4.69, 9.17) is 10.5 Å². The molecule has 0 radical (unpaired) electrons. The molecule has 0 heterocycles. The van der Waals surface area contributed by atoms with Crippen molar-refractivity contribution in [2.45, 2.75) is 31.3 Å². The number of aryl methyl sites for hydroxylation is 1. The molecular weight excluding hydrogens is 224 g/mol. The number of benzene rings is 1. The van der Waals surface area contributed by atoms with Crippen molar-refractivity contribution in [1.82, 2.24) is 4.90 Å². The van der Waals surface area contributed by atoms with Crippen molar-refractivity contribution in [3.05, 3.63) is 35.4 Å². The average molecular weight is 248 g/mol. The minimum atomic E-state index is 0.141. The van der Waals surface area contributed by atoms with Gasteiger partial charge in [-0.25, -0.2) is 0 Å². The van der Waals surface area contributed by atoms with Crippen LogP contribution in [0.5, 0.6) is 0 Å². The number of fused-ring (bicyclic) bond motifs is 1. The van der Waals surface area contributed by atoms with Crippen molar-refractivity contribution in [2.24, 2.45) is 5.73 Å². The topological polar surface area (TPSA) is 38.5 Å². The molecule has 0 saturated carbocycles. The summed E-state index contributed by atoms with van der Waals surface area (Å²) in [7, 11) is 3.93. The Morgan fingerprint density at radius 3 is 2.94 bits per heavy atom. The molecule has 2 atom stereocenters. The van der Waals surface area contributed by atoms with Crippen molar-refractivity contribution in [1.29, 1.82) is 0 Å². The average Bonchev–Trinajstić information content (AvgIpc) is 2.39. The second kappa shape index (κ2) is 6.32. The molecule has 1 aromatic rings. The Balaban J connectivity index is 2.00. The molecule has 100 valence electrons. The van der Waals surface area contributed by atoms with E-state index in [0.717, 1.165) is 32.4 Å². The summed E-state index contributed by atoms with van der Waals surface area (Å²) in [6.45, 7) is 1.87. The van der Waals surface area contributed by atoms with Gasteiger partial charge in [0.05, 0.1) is 0 Å². The fourth-order valence-electron chi connectivity index (χ4n) is 2.90. The van der Waals surface area contributed by atoms with E-state index in [1.165, 1.54) is 11.1 Å². The normalized spacial score (nSPS) is 23.1. The minimum absolute atomic E-state index is 0.141. The molecule has 3 heteroatoms. The molecule has 2 rings (SSSR count). The third-order valence-corrected chi connectivity index (χ3v) is 3.96.